The molecule has 92 valence electrons. The van der Waals surface area contributed by atoms with Crippen LogP contribution in [0.3, 0.4) is 0 Å². The molecular formula is C8H11N5O3S. The number of thiocarbonyl (C=S) groups is 1. The molecule has 2 amide bonds. The molecule has 0 radical (unpaired) electrons. The van der Waals surface area contributed by atoms with Gasteiger partial charge in [-0.1, -0.05) is 17.4 Å². The van der Waals surface area contributed by atoms with E-state index < -0.39 is 11.8 Å². The SMILES string of the molecule is NC(=S)CNC(=O)C(=O)NCCc1ncno1. The van der Waals surface area contributed by atoms with E-state index in [0.29, 0.717) is 12.3 Å². The van der Waals surface area contributed by atoms with Crippen molar-refractivity contribution in [1.82, 2.24) is 20.8 Å². The largest absolute Gasteiger partial charge is 0.392 e. The fourth-order valence-electron chi connectivity index (χ4n) is 0.917. The fourth-order valence-corrected chi connectivity index (χ4v) is 0.989. The molecule has 17 heavy (non-hydrogen) atoms. The zero-order chi connectivity index (χ0) is 12.7. The molecule has 8 nitrogen and oxygen atoms in total. The first kappa shape index (κ1) is 13.0. The molecule has 0 unspecified atom stereocenters. The third-order valence-electron chi connectivity index (χ3n) is 1.66. The Bertz CT molecular complexity index is 405. The predicted octanol–water partition coefficient (Wildman–Crippen LogP) is -1.87. The minimum absolute atomic E-state index is 0.00868. The molecule has 4 N–H and O–H groups in total. The normalized spacial score (nSPS) is 9.65. The van der Waals surface area contributed by atoms with Gasteiger partial charge in [0.05, 0.1) is 11.5 Å². The molecule has 0 aliphatic carbocycles. The van der Waals surface area contributed by atoms with Gasteiger partial charge in [-0.05, 0) is 0 Å². The monoisotopic (exact) mass is 257 g/mol. The number of aromatic nitrogens is 2. The Morgan fingerprint density at radius 2 is 2.12 bits per heavy atom. The highest BCUT2D eigenvalue weighted by atomic mass is 32.1. The molecule has 9 heteroatoms. The number of nitrogens with two attached hydrogens (primary N) is 1. The summed E-state index contributed by atoms with van der Waals surface area (Å²) < 4.78 is 4.71. The molecule has 0 bridgehead atoms. The highest BCUT2D eigenvalue weighted by molar-refractivity contribution is 7.80. The Morgan fingerprint density at radius 1 is 1.41 bits per heavy atom. The van der Waals surface area contributed by atoms with Crippen LogP contribution < -0.4 is 16.4 Å². The first-order chi connectivity index (χ1) is 8.09. The van der Waals surface area contributed by atoms with Gasteiger partial charge in [0, 0.05) is 13.0 Å². The summed E-state index contributed by atoms with van der Waals surface area (Å²) in [6.45, 7) is 0.215. The van der Waals surface area contributed by atoms with Crippen molar-refractivity contribution in [2.24, 2.45) is 5.73 Å². The van der Waals surface area contributed by atoms with E-state index >= 15 is 0 Å². The van der Waals surface area contributed by atoms with Crippen molar-refractivity contribution >= 4 is 29.0 Å². The molecule has 0 aliphatic heterocycles. The second-order valence-electron chi connectivity index (χ2n) is 2.99. The summed E-state index contributed by atoms with van der Waals surface area (Å²) in [7, 11) is 0. The van der Waals surface area contributed by atoms with Gasteiger partial charge in [-0.15, -0.1) is 0 Å². The van der Waals surface area contributed by atoms with Crippen molar-refractivity contribution < 1.29 is 14.1 Å². The van der Waals surface area contributed by atoms with Gasteiger partial charge in [0.2, 0.25) is 5.89 Å². The number of hydrogen-bond donors (Lipinski definition) is 3. The van der Waals surface area contributed by atoms with E-state index in [0.717, 1.165) is 0 Å². The summed E-state index contributed by atoms with van der Waals surface area (Å²) in [5.41, 5.74) is 5.16. The second-order valence-corrected chi connectivity index (χ2v) is 3.51. The van der Waals surface area contributed by atoms with Gasteiger partial charge in [0.1, 0.15) is 0 Å². The molecule has 1 aromatic rings. The highest BCUT2D eigenvalue weighted by Gasteiger charge is 2.12. The van der Waals surface area contributed by atoms with Crippen LogP contribution in [-0.2, 0) is 16.0 Å². The summed E-state index contributed by atoms with van der Waals surface area (Å²) >= 11 is 4.55. The third-order valence-corrected chi connectivity index (χ3v) is 1.81. The number of nitrogens with one attached hydrogen (secondary N) is 2. The first-order valence-electron chi connectivity index (χ1n) is 4.69. The highest BCUT2D eigenvalue weighted by Crippen LogP contribution is 1.90. The lowest BCUT2D eigenvalue weighted by Crippen LogP contribution is -2.43. The van der Waals surface area contributed by atoms with Crippen LogP contribution in [0.4, 0.5) is 0 Å². The average Bonchev–Trinajstić information content (AvgIpc) is 2.78. The molecule has 0 atom stereocenters. The average molecular weight is 257 g/mol. The summed E-state index contributed by atoms with van der Waals surface area (Å²) in [6.07, 6.45) is 1.61. The van der Waals surface area contributed by atoms with Crippen molar-refractivity contribution in [2.45, 2.75) is 6.42 Å². The number of nitrogens with zero attached hydrogens (tertiary/aromatic N) is 2. The maximum atomic E-state index is 11.2. The van der Waals surface area contributed by atoms with Gasteiger partial charge in [-0.3, -0.25) is 9.59 Å². The van der Waals surface area contributed by atoms with Crippen molar-refractivity contribution in [3.05, 3.63) is 12.2 Å². The summed E-state index contributed by atoms with van der Waals surface area (Å²) in [6, 6.07) is 0. The van der Waals surface area contributed by atoms with Crippen LogP contribution in [0.1, 0.15) is 5.89 Å². The summed E-state index contributed by atoms with van der Waals surface area (Å²) in [5.74, 6) is -1.17. The zero-order valence-corrected chi connectivity index (χ0v) is 9.62. The van der Waals surface area contributed by atoms with E-state index in [4.69, 9.17) is 10.3 Å². The van der Waals surface area contributed by atoms with Crippen LogP contribution in [0, 0.1) is 0 Å². The van der Waals surface area contributed by atoms with E-state index in [9.17, 15) is 9.59 Å². The van der Waals surface area contributed by atoms with Gasteiger partial charge >= 0.3 is 11.8 Å². The van der Waals surface area contributed by atoms with Crippen LogP contribution in [0.25, 0.3) is 0 Å². The van der Waals surface area contributed by atoms with Crippen LogP contribution in [-0.4, -0.2) is 40.0 Å². The summed E-state index contributed by atoms with van der Waals surface area (Å²) in [4.78, 5) is 26.2. The molecule has 0 spiro atoms. The van der Waals surface area contributed by atoms with Crippen molar-refractivity contribution in [1.29, 1.82) is 0 Å². The topological polar surface area (TPSA) is 123 Å². The smallest absolute Gasteiger partial charge is 0.309 e. The molecule has 1 aromatic heterocycles. The maximum absolute atomic E-state index is 11.2. The van der Waals surface area contributed by atoms with Gasteiger partial charge < -0.3 is 20.9 Å². The minimum Gasteiger partial charge on any atom is -0.392 e. The molecular weight excluding hydrogens is 246 g/mol. The predicted molar refractivity (Wildman–Crippen MR) is 60.8 cm³/mol. The van der Waals surface area contributed by atoms with Crippen LogP contribution >= 0.6 is 12.2 Å². The van der Waals surface area contributed by atoms with Gasteiger partial charge in [0.15, 0.2) is 6.33 Å². The number of amides is 2. The third kappa shape index (κ3) is 5.02. The van der Waals surface area contributed by atoms with Gasteiger partial charge in [-0.25, -0.2) is 0 Å². The van der Waals surface area contributed by atoms with E-state index in [1.165, 1.54) is 6.33 Å². The maximum Gasteiger partial charge on any atom is 0.309 e. The Labute approximate surface area is 102 Å². The van der Waals surface area contributed by atoms with Gasteiger partial charge in [0.25, 0.3) is 0 Å². The second kappa shape index (κ2) is 6.53. The number of carbonyl (C=O) groups excluding carboxylic acids is 2. The van der Waals surface area contributed by atoms with Crippen LogP contribution in [0.15, 0.2) is 10.9 Å². The minimum atomic E-state index is -0.789. The standard InChI is InChI=1S/C8H11N5O3S/c9-5(17)3-11-8(15)7(14)10-2-1-6-12-4-13-16-6/h4H,1-3H2,(H2,9,17)(H,10,14)(H,11,15). The Morgan fingerprint density at radius 3 is 2.71 bits per heavy atom. The van der Waals surface area contributed by atoms with Gasteiger partial charge in [-0.2, -0.15) is 4.98 Å². The van der Waals surface area contributed by atoms with Crippen molar-refractivity contribution in [2.75, 3.05) is 13.1 Å². The number of hydrogen-bond acceptors (Lipinski definition) is 6. The lowest BCUT2D eigenvalue weighted by atomic mass is 10.4. The molecule has 0 aromatic carbocycles. The molecule has 1 rings (SSSR count). The lowest BCUT2D eigenvalue weighted by Gasteiger charge is -2.04. The first-order valence-corrected chi connectivity index (χ1v) is 5.10. The Hall–Kier alpha value is -2.03. The lowest BCUT2D eigenvalue weighted by molar-refractivity contribution is -0.139. The molecule has 0 aliphatic rings. The van der Waals surface area contributed by atoms with Crippen LogP contribution in [0.2, 0.25) is 0 Å². The fraction of sp³-hybridized carbons (Fsp3) is 0.375. The molecule has 0 saturated heterocycles. The Balaban J connectivity index is 2.20. The quantitative estimate of drug-likeness (QED) is 0.417. The number of rotatable bonds is 5. The summed E-state index contributed by atoms with van der Waals surface area (Å²) in [5, 5.41) is 8.04. The number of carbonyl (C=O) groups is 2. The van der Waals surface area contributed by atoms with Crippen LogP contribution in [0.5, 0.6) is 0 Å². The van der Waals surface area contributed by atoms with E-state index in [1.54, 1.807) is 0 Å². The van der Waals surface area contributed by atoms with Crippen molar-refractivity contribution in [3.8, 4) is 0 Å². The van der Waals surface area contributed by atoms with E-state index in [2.05, 4.69) is 33.0 Å². The van der Waals surface area contributed by atoms with Crippen molar-refractivity contribution in [3.63, 3.8) is 0 Å². The van der Waals surface area contributed by atoms with E-state index in [-0.39, 0.29) is 18.1 Å². The molecule has 0 fully saturated rings. The molecule has 0 saturated carbocycles. The van der Waals surface area contributed by atoms with E-state index in [1.807, 2.05) is 0 Å². The molecule has 1 heterocycles. The zero-order valence-electron chi connectivity index (χ0n) is 8.80. The Kier molecular flexibility index (Phi) is 5.01.